The minimum absolute atomic E-state index is 0.520. The molecule has 0 aliphatic rings. The SMILES string of the molecule is [C-]#[N+]c1ccc(-c2cccc(-n3c4ccccc4c4cc(C#N)ccc43)c2)c(-c2cc(C#N)ccc2-n2c3ccccc3c3ccccc32)c1. The van der Waals surface area contributed by atoms with E-state index < -0.39 is 0 Å². The van der Waals surface area contributed by atoms with E-state index in [0.717, 1.165) is 77.2 Å². The van der Waals surface area contributed by atoms with Crippen molar-refractivity contribution >= 4 is 49.3 Å². The molecule has 0 unspecified atom stereocenters. The number of fused-ring (bicyclic) bond motifs is 6. The van der Waals surface area contributed by atoms with Crippen LogP contribution in [0.4, 0.5) is 5.69 Å². The summed E-state index contributed by atoms with van der Waals surface area (Å²) in [5.41, 5.74) is 11.4. The molecule has 0 amide bonds. The van der Waals surface area contributed by atoms with Crippen LogP contribution in [0.15, 0.2) is 152 Å². The van der Waals surface area contributed by atoms with Crippen molar-refractivity contribution in [3.63, 3.8) is 0 Å². The van der Waals surface area contributed by atoms with Gasteiger partial charge in [0.05, 0.1) is 57.6 Å². The van der Waals surface area contributed by atoms with Gasteiger partial charge in [-0.15, -0.1) is 0 Å². The van der Waals surface area contributed by atoms with Crippen LogP contribution in [0, 0.1) is 29.2 Å². The Morgan fingerprint density at radius 3 is 1.74 bits per heavy atom. The molecular weight excluding hydrogens is 611 g/mol. The smallest absolute Gasteiger partial charge is 0.187 e. The second-order valence-corrected chi connectivity index (χ2v) is 12.3. The molecule has 2 heterocycles. The normalized spacial score (nSPS) is 11.1. The first-order chi connectivity index (χ1) is 24.7. The maximum atomic E-state index is 10.1. The second kappa shape index (κ2) is 11.4. The van der Waals surface area contributed by atoms with Crippen molar-refractivity contribution in [1.82, 2.24) is 9.13 Å². The Labute approximate surface area is 288 Å². The Bertz CT molecular complexity index is 2920. The van der Waals surface area contributed by atoms with Crippen LogP contribution < -0.4 is 0 Å². The molecule has 0 radical (unpaired) electrons. The monoisotopic (exact) mass is 635 g/mol. The van der Waals surface area contributed by atoms with Gasteiger partial charge in [0.25, 0.3) is 0 Å². The first-order valence-corrected chi connectivity index (χ1v) is 16.3. The summed E-state index contributed by atoms with van der Waals surface area (Å²) in [5, 5.41) is 24.1. The van der Waals surface area contributed by atoms with Crippen LogP contribution in [0.25, 0.3) is 82.1 Å². The van der Waals surface area contributed by atoms with E-state index in [1.165, 1.54) is 0 Å². The number of nitrogens with zero attached hydrogens (tertiary/aromatic N) is 5. The maximum absolute atomic E-state index is 10.1. The molecule has 2 aromatic heterocycles. The van der Waals surface area contributed by atoms with Crippen molar-refractivity contribution in [1.29, 1.82) is 10.5 Å². The summed E-state index contributed by atoms with van der Waals surface area (Å²) < 4.78 is 4.50. The van der Waals surface area contributed by atoms with Gasteiger partial charge < -0.3 is 9.13 Å². The zero-order valence-corrected chi connectivity index (χ0v) is 26.7. The topological polar surface area (TPSA) is 61.8 Å². The van der Waals surface area contributed by atoms with Crippen LogP contribution in [0.5, 0.6) is 0 Å². The minimum Gasteiger partial charge on any atom is -0.309 e. The summed E-state index contributed by atoms with van der Waals surface area (Å²) in [4.78, 5) is 3.82. The van der Waals surface area contributed by atoms with E-state index in [1.54, 1.807) is 0 Å². The van der Waals surface area contributed by atoms with Crippen molar-refractivity contribution in [2.45, 2.75) is 0 Å². The van der Waals surface area contributed by atoms with Crippen molar-refractivity contribution in [2.75, 3.05) is 0 Å². The van der Waals surface area contributed by atoms with Gasteiger partial charge in [-0.1, -0.05) is 78.9 Å². The highest BCUT2D eigenvalue weighted by molar-refractivity contribution is 6.11. The molecule has 9 rings (SSSR count). The third-order valence-corrected chi connectivity index (χ3v) is 9.59. The average Bonchev–Trinajstić information content (AvgIpc) is 3.70. The molecule has 0 fully saturated rings. The predicted molar refractivity (Wildman–Crippen MR) is 202 cm³/mol. The number of nitriles is 2. The molecule has 50 heavy (non-hydrogen) atoms. The number of para-hydroxylation sites is 3. The molecule has 7 aromatic carbocycles. The van der Waals surface area contributed by atoms with Gasteiger partial charge in [0.1, 0.15) is 0 Å². The van der Waals surface area contributed by atoms with E-state index in [2.05, 4.69) is 98.9 Å². The van der Waals surface area contributed by atoms with Crippen molar-refractivity contribution < 1.29 is 0 Å². The van der Waals surface area contributed by atoms with Gasteiger partial charge in [-0.2, -0.15) is 10.5 Å². The lowest BCUT2D eigenvalue weighted by Gasteiger charge is -2.18. The van der Waals surface area contributed by atoms with Crippen LogP contribution in [0.3, 0.4) is 0 Å². The lowest BCUT2D eigenvalue weighted by Crippen LogP contribution is -1.99. The molecule has 0 aliphatic carbocycles. The molecule has 0 aliphatic heterocycles. The van der Waals surface area contributed by atoms with Crippen LogP contribution in [-0.2, 0) is 0 Å². The van der Waals surface area contributed by atoms with Crippen LogP contribution >= 0.6 is 0 Å². The Morgan fingerprint density at radius 1 is 0.460 bits per heavy atom. The largest absolute Gasteiger partial charge is 0.309 e. The predicted octanol–water partition coefficient (Wildman–Crippen LogP) is 11.5. The van der Waals surface area contributed by atoms with E-state index in [-0.39, 0.29) is 0 Å². The Morgan fingerprint density at radius 2 is 1.06 bits per heavy atom. The number of hydrogen-bond acceptors (Lipinski definition) is 2. The van der Waals surface area contributed by atoms with E-state index in [9.17, 15) is 10.5 Å². The lowest BCUT2D eigenvalue weighted by atomic mass is 9.91. The maximum Gasteiger partial charge on any atom is 0.187 e. The lowest BCUT2D eigenvalue weighted by molar-refractivity contribution is 1.18. The molecule has 0 atom stereocenters. The third-order valence-electron chi connectivity index (χ3n) is 9.59. The molecule has 0 spiro atoms. The van der Waals surface area contributed by atoms with Gasteiger partial charge in [-0.25, -0.2) is 4.85 Å². The van der Waals surface area contributed by atoms with E-state index >= 15 is 0 Å². The van der Waals surface area contributed by atoms with E-state index in [0.29, 0.717) is 16.8 Å². The first kappa shape index (κ1) is 28.8. The molecule has 9 aromatic rings. The standard InChI is InChI=1S/C45H25N5/c1-48-32-19-20-34(31-9-8-10-33(25-31)49-41-14-5-4-13-37(41)39-23-29(27-46)17-21-44(39)49)38(26-32)40-24-30(28-47)18-22-45(40)50-42-15-6-2-11-35(42)36-12-3-7-16-43(36)50/h2-26H. The van der Waals surface area contributed by atoms with E-state index in [4.69, 9.17) is 6.57 Å². The zero-order valence-electron chi connectivity index (χ0n) is 26.7. The third kappa shape index (κ3) is 4.38. The second-order valence-electron chi connectivity index (χ2n) is 12.3. The van der Waals surface area contributed by atoms with E-state index in [1.807, 2.05) is 78.9 Å². The summed E-state index contributed by atoms with van der Waals surface area (Å²) >= 11 is 0. The van der Waals surface area contributed by atoms with Crippen molar-refractivity contribution in [3.05, 3.63) is 174 Å². The summed E-state index contributed by atoms with van der Waals surface area (Å²) in [6.45, 7) is 7.92. The molecular formula is C45H25N5. The van der Waals surface area contributed by atoms with Gasteiger partial charge in [0.15, 0.2) is 5.69 Å². The van der Waals surface area contributed by atoms with Crippen LogP contribution in [-0.4, -0.2) is 9.13 Å². The van der Waals surface area contributed by atoms with Gasteiger partial charge in [0.2, 0.25) is 0 Å². The number of benzene rings is 7. The van der Waals surface area contributed by atoms with Crippen LogP contribution in [0.1, 0.15) is 11.1 Å². The molecule has 0 saturated carbocycles. The molecule has 0 saturated heterocycles. The minimum atomic E-state index is 0.520. The molecule has 5 heteroatoms. The highest BCUT2D eigenvalue weighted by atomic mass is 15.0. The fourth-order valence-corrected chi connectivity index (χ4v) is 7.41. The molecule has 5 nitrogen and oxygen atoms in total. The quantitative estimate of drug-likeness (QED) is 0.181. The van der Waals surface area contributed by atoms with Gasteiger partial charge >= 0.3 is 0 Å². The fraction of sp³-hybridized carbons (Fsp3) is 0. The summed E-state index contributed by atoms with van der Waals surface area (Å²) in [5.74, 6) is 0. The first-order valence-electron chi connectivity index (χ1n) is 16.3. The highest BCUT2D eigenvalue weighted by Gasteiger charge is 2.20. The zero-order chi connectivity index (χ0) is 33.8. The van der Waals surface area contributed by atoms with Crippen LogP contribution in [0.2, 0.25) is 0 Å². The summed E-state index contributed by atoms with van der Waals surface area (Å²) in [6.07, 6.45) is 0. The number of rotatable bonds is 4. The Balaban J connectivity index is 1.31. The van der Waals surface area contributed by atoms with Gasteiger partial charge in [-0.3, -0.25) is 0 Å². The Kier molecular flexibility index (Phi) is 6.56. The summed E-state index contributed by atoms with van der Waals surface area (Å²) in [7, 11) is 0. The number of hydrogen-bond donors (Lipinski definition) is 0. The Hall–Kier alpha value is -7.39. The number of aromatic nitrogens is 2. The average molecular weight is 636 g/mol. The van der Waals surface area contributed by atoms with Crippen molar-refractivity contribution in [3.8, 4) is 45.8 Å². The van der Waals surface area contributed by atoms with Gasteiger partial charge in [0, 0.05) is 32.8 Å². The molecule has 0 bridgehead atoms. The summed E-state index contributed by atoms with van der Waals surface area (Å²) in [6, 6.07) is 55.5. The fourth-order valence-electron chi connectivity index (χ4n) is 7.41. The molecule has 230 valence electrons. The highest BCUT2D eigenvalue weighted by Crippen LogP contribution is 2.42. The van der Waals surface area contributed by atoms with Gasteiger partial charge in [-0.05, 0) is 89.5 Å². The molecule has 0 N–H and O–H groups in total. The van der Waals surface area contributed by atoms with Crippen molar-refractivity contribution in [2.24, 2.45) is 0 Å².